The molecule has 2 unspecified atom stereocenters. The zero-order chi connectivity index (χ0) is 13.3. The molecule has 1 aromatic rings. The van der Waals surface area contributed by atoms with Crippen molar-refractivity contribution < 1.29 is 4.79 Å². The first-order valence-corrected chi connectivity index (χ1v) is 7.49. The van der Waals surface area contributed by atoms with Crippen LogP contribution in [-0.4, -0.2) is 23.9 Å². The van der Waals surface area contributed by atoms with Gasteiger partial charge in [0, 0.05) is 22.5 Å². The molecule has 0 N–H and O–H groups in total. The third kappa shape index (κ3) is 3.09. The number of carbonyl (C=O) groups is 1. The molecule has 1 fully saturated rings. The van der Waals surface area contributed by atoms with Gasteiger partial charge in [-0.25, -0.2) is 0 Å². The van der Waals surface area contributed by atoms with Gasteiger partial charge in [-0.1, -0.05) is 29.8 Å². The second-order valence-corrected chi connectivity index (χ2v) is 6.72. The van der Waals surface area contributed by atoms with Crippen LogP contribution in [0.5, 0.6) is 0 Å². The van der Waals surface area contributed by atoms with Crippen LogP contribution in [0.25, 0.3) is 0 Å². The van der Waals surface area contributed by atoms with Crippen LogP contribution in [-0.2, 0) is 0 Å². The van der Waals surface area contributed by atoms with E-state index in [9.17, 15) is 4.79 Å². The summed E-state index contributed by atoms with van der Waals surface area (Å²) in [5.74, 6) is 1.26. The molecular formula is C14H18BrNOS. The molecule has 0 aliphatic carbocycles. The van der Waals surface area contributed by atoms with E-state index in [1.807, 2.05) is 23.1 Å². The van der Waals surface area contributed by atoms with E-state index in [4.69, 9.17) is 0 Å². The fraction of sp³-hybridized carbons (Fsp3) is 0.500. The average Bonchev–Trinajstić information content (AvgIpc) is 2.26. The summed E-state index contributed by atoms with van der Waals surface area (Å²) in [5, 5.41) is 0. The van der Waals surface area contributed by atoms with Crippen molar-refractivity contribution in [3.05, 3.63) is 28.2 Å². The molecule has 2 nitrogen and oxygen atoms in total. The SMILES string of the molecule is CC1CC(C)CN(C(=O)c2ccc(Br)cc2S)C1. The topological polar surface area (TPSA) is 20.3 Å². The minimum absolute atomic E-state index is 0.103. The quantitative estimate of drug-likeness (QED) is 0.776. The van der Waals surface area contributed by atoms with Crippen molar-refractivity contribution in [1.29, 1.82) is 0 Å². The smallest absolute Gasteiger partial charge is 0.254 e. The van der Waals surface area contributed by atoms with Crippen LogP contribution in [0.15, 0.2) is 27.6 Å². The summed E-state index contributed by atoms with van der Waals surface area (Å²) in [6.45, 7) is 6.12. The minimum Gasteiger partial charge on any atom is -0.338 e. The zero-order valence-electron chi connectivity index (χ0n) is 10.7. The van der Waals surface area contributed by atoms with Gasteiger partial charge in [-0.3, -0.25) is 4.79 Å². The van der Waals surface area contributed by atoms with Crippen molar-refractivity contribution in [1.82, 2.24) is 4.90 Å². The summed E-state index contributed by atoms with van der Waals surface area (Å²) < 4.78 is 0.949. The van der Waals surface area contributed by atoms with Crippen molar-refractivity contribution in [2.45, 2.75) is 25.2 Å². The molecule has 2 rings (SSSR count). The highest BCUT2D eigenvalue weighted by Crippen LogP contribution is 2.25. The maximum Gasteiger partial charge on any atom is 0.254 e. The van der Waals surface area contributed by atoms with Gasteiger partial charge in [0.25, 0.3) is 5.91 Å². The van der Waals surface area contributed by atoms with Crippen LogP contribution in [0.2, 0.25) is 0 Å². The Morgan fingerprint density at radius 2 is 1.94 bits per heavy atom. The van der Waals surface area contributed by atoms with Gasteiger partial charge in [-0.05, 0) is 36.5 Å². The lowest BCUT2D eigenvalue weighted by Crippen LogP contribution is -2.42. The molecule has 18 heavy (non-hydrogen) atoms. The molecule has 1 aliphatic heterocycles. The fourth-order valence-electron chi connectivity index (χ4n) is 2.68. The molecule has 0 spiro atoms. The van der Waals surface area contributed by atoms with E-state index >= 15 is 0 Å². The number of carbonyl (C=O) groups excluding carboxylic acids is 1. The molecule has 1 heterocycles. The van der Waals surface area contributed by atoms with Crippen molar-refractivity contribution in [3.63, 3.8) is 0 Å². The first-order chi connectivity index (χ1) is 8.47. The van der Waals surface area contributed by atoms with Gasteiger partial charge in [-0.15, -0.1) is 12.6 Å². The fourth-order valence-corrected chi connectivity index (χ4v) is 3.53. The summed E-state index contributed by atoms with van der Waals surface area (Å²) in [7, 11) is 0. The number of thiol groups is 1. The lowest BCUT2D eigenvalue weighted by molar-refractivity contribution is 0.0619. The van der Waals surface area contributed by atoms with Gasteiger partial charge in [0.05, 0.1) is 5.56 Å². The molecule has 1 aliphatic rings. The van der Waals surface area contributed by atoms with E-state index in [1.54, 1.807) is 0 Å². The first kappa shape index (κ1) is 13.9. The number of hydrogen-bond donors (Lipinski definition) is 1. The van der Waals surface area contributed by atoms with Crippen molar-refractivity contribution >= 4 is 34.5 Å². The predicted molar refractivity (Wildman–Crippen MR) is 80.2 cm³/mol. The van der Waals surface area contributed by atoms with Crippen molar-refractivity contribution in [2.75, 3.05) is 13.1 Å². The monoisotopic (exact) mass is 327 g/mol. The summed E-state index contributed by atoms with van der Waals surface area (Å²) >= 11 is 7.78. The first-order valence-electron chi connectivity index (χ1n) is 6.25. The number of piperidine rings is 1. The maximum atomic E-state index is 12.5. The van der Waals surface area contributed by atoms with E-state index in [0.29, 0.717) is 17.4 Å². The normalized spacial score (nSPS) is 24.1. The maximum absolute atomic E-state index is 12.5. The van der Waals surface area contributed by atoms with Crippen molar-refractivity contribution in [3.8, 4) is 0 Å². The summed E-state index contributed by atoms with van der Waals surface area (Å²) in [5.41, 5.74) is 0.697. The molecule has 0 radical (unpaired) electrons. The zero-order valence-corrected chi connectivity index (χ0v) is 13.2. The van der Waals surface area contributed by atoms with Crippen LogP contribution in [0, 0.1) is 11.8 Å². The van der Waals surface area contributed by atoms with Crippen LogP contribution < -0.4 is 0 Å². The number of amides is 1. The van der Waals surface area contributed by atoms with Crippen molar-refractivity contribution in [2.24, 2.45) is 11.8 Å². The standard InChI is InChI=1S/C14H18BrNOS/c1-9-5-10(2)8-16(7-9)14(17)12-4-3-11(15)6-13(12)18/h3-4,6,9-10,18H,5,7-8H2,1-2H3. The van der Waals surface area contributed by atoms with Crippen LogP contribution in [0.1, 0.15) is 30.6 Å². The molecule has 0 aromatic heterocycles. The highest BCUT2D eigenvalue weighted by atomic mass is 79.9. The lowest BCUT2D eigenvalue weighted by atomic mass is 9.91. The van der Waals surface area contributed by atoms with Gasteiger partial charge in [0.15, 0.2) is 0 Å². The van der Waals surface area contributed by atoms with E-state index in [1.165, 1.54) is 6.42 Å². The Bertz CT molecular complexity index is 453. The molecule has 1 saturated heterocycles. The molecule has 1 aromatic carbocycles. The number of hydrogen-bond acceptors (Lipinski definition) is 2. The molecule has 4 heteroatoms. The molecule has 1 amide bonds. The molecule has 0 saturated carbocycles. The number of benzene rings is 1. The summed E-state index contributed by atoms with van der Waals surface area (Å²) in [6.07, 6.45) is 1.21. The third-order valence-corrected chi connectivity index (χ3v) is 4.21. The largest absolute Gasteiger partial charge is 0.338 e. The second-order valence-electron chi connectivity index (χ2n) is 5.32. The number of nitrogens with zero attached hydrogens (tertiary/aromatic N) is 1. The average molecular weight is 328 g/mol. The van der Waals surface area contributed by atoms with Crippen LogP contribution in [0.4, 0.5) is 0 Å². The second kappa shape index (κ2) is 5.66. The van der Waals surface area contributed by atoms with E-state index in [-0.39, 0.29) is 5.91 Å². The van der Waals surface area contributed by atoms with Gasteiger partial charge >= 0.3 is 0 Å². The van der Waals surface area contributed by atoms with Crippen LogP contribution >= 0.6 is 28.6 Å². The Balaban J connectivity index is 2.20. The number of likely N-dealkylation sites (tertiary alicyclic amines) is 1. The van der Waals surface area contributed by atoms with E-state index < -0.39 is 0 Å². The highest BCUT2D eigenvalue weighted by molar-refractivity contribution is 9.10. The van der Waals surface area contributed by atoms with E-state index in [0.717, 1.165) is 22.5 Å². The molecule has 2 atom stereocenters. The summed E-state index contributed by atoms with van der Waals surface area (Å²) in [4.78, 5) is 15.2. The Hall–Kier alpha value is -0.480. The Morgan fingerprint density at radius 3 is 2.50 bits per heavy atom. The molecule has 98 valence electrons. The van der Waals surface area contributed by atoms with Gasteiger partial charge < -0.3 is 4.90 Å². The third-order valence-electron chi connectivity index (χ3n) is 3.35. The lowest BCUT2D eigenvalue weighted by Gasteiger charge is -2.35. The Labute approximate surface area is 122 Å². The molecule has 0 bridgehead atoms. The highest BCUT2D eigenvalue weighted by Gasteiger charge is 2.26. The number of halogens is 1. The summed E-state index contributed by atoms with van der Waals surface area (Å²) in [6, 6.07) is 5.61. The Kier molecular flexibility index (Phi) is 4.38. The Morgan fingerprint density at radius 1 is 1.33 bits per heavy atom. The van der Waals surface area contributed by atoms with Gasteiger partial charge in [0.2, 0.25) is 0 Å². The number of rotatable bonds is 1. The predicted octanol–water partition coefficient (Wildman–Crippen LogP) is 3.86. The van der Waals surface area contributed by atoms with Gasteiger partial charge in [0.1, 0.15) is 0 Å². The minimum atomic E-state index is 0.103. The molecular weight excluding hydrogens is 310 g/mol. The van der Waals surface area contributed by atoms with E-state index in [2.05, 4.69) is 42.4 Å². The van der Waals surface area contributed by atoms with Crippen LogP contribution in [0.3, 0.4) is 0 Å². The van der Waals surface area contributed by atoms with Gasteiger partial charge in [-0.2, -0.15) is 0 Å².